The van der Waals surface area contributed by atoms with Gasteiger partial charge < -0.3 is 20.1 Å². The quantitative estimate of drug-likeness (QED) is 0.0362. The lowest BCUT2D eigenvalue weighted by molar-refractivity contribution is -0.123. The minimum atomic E-state index is -0.576. The second kappa shape index (κ2) is 32.5. The maximum absolute atomic E-state index is 12.7. The van der Waals surface area contributed by atoms with E-state index in [1.54, 1.807) is 0 Å². The maximum atomic E-state index is 12.7. The van der Waals surface area contributed by atoms with Gasteiger partial charge in [0, 0.05) is 25.9 Å². The van der Waals surface area contributed by atoms with Crippen molar-refractivity contribution < 1.29 is 19.1 Å². The number of amides is 2. The molecule has 6 heteroatoms. The molecule has 0 unspecified atom stereocenters. The first-order valence-corrected chi connectivity index (χ1v) is 36.9. The van der Waals surface area contributed by atoms with Gasteiger partial charge in [-0.2, -0.15) is 0 Å². The summed E-state index contributed by atoms with van der Waals surface area (Å²) in [5, 5.41) is 6.20. The average molecular weight is 1320 g/mol. The van der Waals surface area contributed by atoms with Gasteiger partial charge in [-0.3, -0.25) is 9.59 Å². The number of hydrogen-bond acceptors (Lipinski definition) is 4. The Morgan fingerprint density at radius 1 is 0.235 bits per heavy atom. The summed E-state index contributed by atoms with van der Waals surface area (Å²) in [6.07, 6.45) is 10.1. The van der Waals surface area contributed by atoms with Gasteiger partial charge in [0.05, 0.1) is 24.0 Å². The van der Waals surface area contributed by atoms with Crippen LogP contribution < -0.4 is 20.1 Å². The van der Waals surface area contributed by atoms with Crippen LogP contribution in [0.15, 0.2) is 194 Å². The fraction of sp³-hybridized carbons (Fsp3) is 0.457. The first-order valence-electron chi connectivity index (χ1n) is 36.9. The van der Waals surface area contributed by atoms with E-state index in [1.165, 1.54) is 77.9 Å². The molecule has 2 N–H and O–H groups in total. The lowest BCUT2D eigenvalue weighted by Crippen LogP contribution is -2.31. The highest BCUT2D eigenvalue weighted by molar-refractivity contribution is 5.77. The molecule has 0 heterocycles. The van der Waals surface area contributed by atoms with Crippen LogP contribution in [0.2, 0.25) is 0 Å². The van der Waals surface area contributed by atoms with E-state index in [1.807, 2.05) is 0 Å². The van der Waals surface area contributed by atoms with Gasteiger partial charge in [-0.25, -0.2) is 0 Å². The lowest BCUT2D eigenvalue weighted by atomic mass is 9.64. The molecule has 522 valence electrons. The van der Waals surface area contributed by atoms with Gasteiger partial charge in [-0.05, 0) is 173 Å². The Hall–Kier alpha value is -7.70. The second-order valence-electron chi connectivity index (χ2n) is 33.9. The van der Waals surface area contributed by atoms with Crippen LogP contribution in [0.3, 0.4) is 0 Å². The van der Waals surface area contributed by atoms with Crippen molar-refractivity contribution in [1.82, 2.24) is 10.6 Å². The normalized spacial score (nSPS) is 12.7. The highest BCUT2D eigenvalue weighted by Crippen LogP contribution is 2.49. The van der Waals surface area contributed by atoms with Crippen molar-refractivity contribution >= 4 is 11.8 Å². The first kappa shape index (κ1) is 76.1. The minimum Gasteiger partial charge on any atom is -0.494 e. The van der Waals surface area contributed by atoms with Gasteiger partial charge in [0.1, 0.15) is 11.5 Å². The summed E-state index contributed by atoms with van der Waals surface area (Å²) < 4.78 is 12.8. The van der Waals surface area contributed by atoms with Crippen molar-refractivity contribution in [2.75, 3.05) is 26.3 Å². The Labute approximate surface area is 593 Å². The summed E-state index contributed by atoms with van der Waals surface area (Å²) in [4.78, 5) is 25.4. The van der Waals surface area contributed by atoms with E-state index in [-0.39, 0.29) is 44.3 Å². The third-order valence-corrected chi connectivity index (χ3v) is 20.1. The summed E-state index contributed by atoms with van der Waals surface area (Å²) in [6.45, 7) is 43.6. The number of carbonyl (C=O) groups excluding carboxylic acids is 2. The number of unbranched alkanes of at least 4 members (excludes halogenated alkanes) is 7. The van der Waals surface area contributed by atoms with Gasteiger partial charge in [-0.15, -0.1) is 0 Å². The van der Waals surface area contributed by atoms with Crippen LogP contribution in [0, 0.1) is 0 Å². The molecule has 0 fully saturated rings. The Kier molecular flexibility index (Phi) is 25.2. The Morgan fingerprint density at radius 3 is 0.602 bits per heavy atom. The third-order valence-electron chi connectivity index (χ3n) is 20.1. The molecule has 0 bridgehead atoms. The average Bonchev–Trinajstić information content (AvgIpc) is 0.736. The SMILES string of the molecule is CC(C)(C)c1ccc(C(c2ccc(OCCCCCCNC(=O)CCCCC(=O)NCCCCCCOc3ccc(C(c4ccc(C(C)(C)C)cc4)(c4ccc(C(C)(C)C)cc4)c4ccc(C(C)(C)C)cc4)cc3)cc2)(c2ccc(C(C)(C)C)cc2)c2ccc(C(C)(C)C)cc2)cc1. The highest BCUT2D eigenvalue weighted by Gasteiger charge is 2.41. The molecule has 8 rings (SSSR count). The Morgan fingerprint density at radius 2 is 0.408 bits per heavy atom. The molecule has 0 aliphatic heterocycles. The predicted octanol–water partition coefficient (Wildman–Crippen LogP) is 22.6. The van der Waals surface area contributed by atoms with Crippen LogP contribution in [-0.2, 0) is 52.9 Å². The van der Waals surface area contributed by atoms with Crippen LogP contribution in [-0.4, -0.2) is 38.1 Å². The van der Waals surface area contributed by atoms with E-state index >= 15 is 0 Å². The molecule has 0 aliphatic carbocycles. The monoisotopic (exact) mass is 1320 g/mol. The van der Waals surface area contributed by atoms with E-state index < -0.39 is 10.8 Å². The van der Waals surface area contributed by atoms with E-state index in [0.29, 0.717) is 52.0 Å². The molecule has 0 radical (unpaired) electrons. The van der Waals surface area contributed by atoms with Crippen molar-refractivity contribution in [1.29, 1.82) is 0 Å². The smallest absolute Gasteiger partial charge is 0.219 e. The van der Waals surface area contributed by atoms with Crippen LogP contribution in [0.4, 0.5) is 0 Å². The van der Waals surface area contributed by atoms with Gasteiger partial charge >= 0.3 is 0 Å². The lowest BCUT2D eigenvalue weighted by Gasteiger charge is -2.38. The van der Waals surface area contributed by atoms with Crippen molar-refractivity contribution in [3.8, 4) is 11.5 Å². The standard InChI is InChI=1S/C92H120N2O4/c1-85(2,3)67-31-43-73(44-32-67)91(74-45-33-68(34-46-74)86(4,5)6,75-47-35-69(36-48-75)87(7,8)9)79-55-59-81(60-56-79)97-65-27-21-19-25-63-93-83(95)29-23-24-30-84(96)94-64-26-20-22-28-66-98-82-61-57-80(58-62-82)92(76-49-37-70(38-50-76)88(10,11)12,77-51-39-71(40-52-77)89(13,14)15)78-53-41-72(42-54-78)90(16,17)18/h31-62H,19-30,63-66H2,1-18H3,(H,93,95)(H,94,96). The summed E-state index contributed by atoms with van der Waals surface area (Å²) in [7, 11) is 0. The number of hydrogen-bond donors (Lipinski definition) is 2. The second-order valence-corrected chi connectivity index (χ2v) is 33.9. The van der Waals surface area contributed by atoms with Crippen molar-refractivity contribution in [2.24, 2.45) is 0 Å². The molecule has 8 aromatic rings. The molecule has 0 spiro atoms. The third kappa shape index (κ3) is 19.6. The molecule has 2 amide bonds. The zero-order valence-corrected chi connectivity index (χ0v) is 63.4. The minimum absolute atomic E-state index is 0.0333. The fourth-order valence-electron chi connectivity index (χ4n) is 13.7. The van der Waals surface area contributed by atoms with E-state index in [2.05, 4.69) is 329 Å². The number of rotatable bonds is 29. The molecule has 0 atom stereocenters. The Bertz CT molecular complexity index is 3230. The van der Waals surface area contributed by atoms with Crippen LogP contribution in [0.5, 0.6) is 11.5 Å². The largest absolute Gasteiger partial charge is 0.494 e. The zero-order chi connectivity index (χ0) is 71.2. The number of carbonyl (C=O) groups is 2. The van der Waals surface area contributed by atoms with E-state index in [9.17, 15) is 9.59 Å². The van der Waals surface area contributed by atoms with Crippen molar-refractivity contribution in [2.45, 2.75) is 245 Å². The van der Waals surface area contributed by atoms with Crippen LogP contribution in [0.1, 0.15) is 280 Å². The molecule has 0 saturated heterocycles. The molecular weight excluding hydrogens is 1200 g/mol. The molecule has 6 nitrogen and oxygen atoms in total. The number of nitrogens with one attached hydrogen (secondary N) is 2. The molecular formula is C92H120N2O4. The maximum Gasteiger partial charge on any atom is 0.219 e. The van der Waals surface area contributed by atoms with E-state index in [4.69, 9.17) is 9.47 Å². The Balaban J connectivity index is 0.735. The van der Waals surface area contributed by atoms with Crippen LogP contribution >= 0.6 is 0 Å². The number of benzene rings is 8. The highest BCUT2D eigenvalue weighted by atomic mass is 16.5. The number of ether oxygens (including phenoxy) is 2. The van der Waals surface area contributed by atoms with Crippen LogP contribution in [0.25, 0.3) is 0 Å². The van der Waals surface area contributed by atoms with Gasteiger partial charge in [-0.1, -0.05) is 320 Å². The topological polar surface area (TPSA) is 76.7 Å². The molecule has 98 heavy (non-hydrogen) atoms. The van der Waals surface area contributed by atoms with E-state index in [0.717, 1.165) is 62.9 Å². The summed E-state index contributed by atoms with van der Waals surface area (Å²) in [5.74, 6) is 1.85. The fourth-order valence-corrected chi connectivity index (χ4v) is 13.7. The molecule has 0 aromatic heterocycles. The van der Waals surface area contributed by atoms with Crippen molar-refractivity contribution in [3.63, 3.8) is 0 Å². The van der Waals surface area contributed by atoms with Gasteiger partial charge in [0.25, 0.3) is 0 Å². The van der Waals surface area contributed by atoms with Gasteiger partial charge in [0.15, 0.2) is 0 Å². The summed E-state index contributed by atoms with van der Waals surface area (Å²) >= 11 is 0. The first-order chi connectivity index (χ1) is 46.2. The molecule has 0 aliphatic rings. The predicted molar refractivity (Wildman–Crippen MR) is 414 cm³/mol. The summed E-state index contributed by atoms with van der Waals surface area (Å²) in [6, 6.07) is 73.5. The van der Waals surface area contributed by atoms with Gasteiger partial charge in [0.2, 0.25) is 11.8 Å². The molecule has 0 saturated carbocycles. The summed E-state index contributed by atoms with van der Waals surface area (Å²) in [5.41, 5.74) is 16.7. The van der Waals surface area contributed by atoms with Crippen molar-refractivity contribution in [3.05, 3.63) is 272 Å². The zero-order valence-electron chi connectivity index (χ0n) is 63.4. The molecule has 8 aromatic carbocycles.